The molecule has 70 valence electrons. The third-order valence-corrected chi connectivity index (χ3v) is 1.95. The van der Waals surface area contributed by atoms with Crippen LogP contribution in [0, 0.1) is 12.8 Å². The van der Waals surface area contributed by atoms with Gasteiger partial charge in [0.1, 0.15) is 0 Å². The molecule has 0 radical (unpaired) electrons. The summed E-state index contributed by atoms with van der Waals surface area (Å²) in [5, 5.41) is 0. The molecule has 1 unspecified atom stereocenters. The van der Waals surface area contributed by atoms with Crippen molar-refractivity contribution in [2.24, 2.45) is 11.7 Å². The molecule has 1 heterocycles. The Morgan fingerprint density at radius 1 is 1.62 bits per heavy atom. The highest BCUT2D eigenvalue weighted by Gasteiger charge is 2.09. The molecule has 1 rings (SSSR count). The van der Waals surface area contributed by atoms with Gasteiger partial charge >= 0.3 is 0 Å². The van der Waals surface area contributed by atoms with Gasteiger partial charge in [-0.15, -0.1) is 0 Å². The molecule has 0 spiro atoms. The fraction of sp³-hybridized carbons (Fsp3) is 0.400. The van der Waals surface area contributed by atoms with Gasteiger partial charge in [-0.2, -0.15) is 0 Å². The number of pyridine rings is 1. The van der Waals surface area contributed by atoms with E-state index in [-0.39, 0.29) is 11.8 Å². The molecule has 1 amide bonds. The zero-order valence-corrected chi connectivity index (χ0v) is 7.95. The first-order chi connectivity index (χ1) is 6.09. The molecular formula is C10H14N2O. The van der Waals surface area contributed by atoms with Crippen molar-refractivity contribution in [3.63, 3.8) is 0 Å². The van der Waals surface area contributed by atoms with E-state index in [4.69, 9.17) is 5.73 Å². The first-order valence-electron chi connectivity index (χ1n) is 4.31. The van der Waals surface area contributed by atoms with Crippen molar-refractivity contribution in [3.8, 4) is 0 Å². The van der Waals surface area contributed by atoms with E-state index in [0.717, 1.165) is 11.4 Å². The first-order valence-corrected chi connectivity index (χ1v) is 4.31. The van der Waals surface area contributed by atoms with E-state index < -0.39 is 0 Å². The maximum Gasteiger partial charge on any atom is 0.220 e. The van der Waals surface area contributed by atoms with Crippen LogP contribution in [-0.2, 0) is 11.2 Å². The normalized spacial score (nSPS) is 12.5. The number of carbonyl (C=O) groups excluding carboxylic acids is 1. The Bertz CT molecular complexity index is 310. The van der Waals surface area contributed by atoms with E-state index in [9.17, 15) is 4.79 Å². The highest BCUT2D eigenvalue weighted by atomic mass is 16.1. The molecule has 1 aromatic rings. The molecule has 2 N–H and O–H groups in total. The van der Waals surface area contributed by atoms with Crippen molar-refractivity contribution in [1.29, 1.82) is 0 Å². The molecule has 0 bridgehead atoms. The van der Waals surface area contributed by atoms with Gasteiger partial charge in [0.2, 0.25) is 5.91 Å². The second-order valence-corrected chi connectivity index (χ2v) is 3.28. The number of hydrogen-bond donors (Lipinski definition) is 1. The fourth-order valence-electron chi connectivity index (χ4n) is 1.13. The molecule has 0 aromatic carbocycles. The number of hydrogen-bond acceptors (Lipinski definition) is 2. The smallest absolute Gasteiger partial charge is 0.220 e. The van der Waals surface area contributed by atoms with Crippen LogP contribution >= 0.6 is 0 Å². The van der Waals surface area contributed by atoms with Gasteiger partial charge in [-0.25, -0.2) is 0 Å². The van der Waals surface area contributed by atoms with Crippen LogP contribution in [0.1, 0.15) is 18.3 Å². The standard InChI is InChI=1S/C10H14N2O/c1-7(10(11)13)6-9-5-3-4-8(2)12-9/h3-5,7H,6H2,1-2H3,(H2,11,13). The molecule has 13 heavy (non-hydrogen) atoms. The molecule has 1 aromatic heterocycles. The van der Waals surface area contributed by atoms with Crippen LogP contribution in [0.4, 0.5) is 0 Å². The summed E-state index contributed by atoms with van der Waals surface area (Å²) in [6.45, 7) is 3.74. The minimum absolute atomic E-state index is 0.144. The summed E-state index contributed by atoms with van der Waals surface area (Å²) < 4.78 is 0. The average Bonchev–Trinajstić information content (AvgIpc) is 2.04. The van der Waals surface area contributed by atoms with Gasteiger partial charge in [0.05, 0.1) is 0 Å². The molecule has 1 atom stereocenters. The third-order valence-electron chi connectivity index (χ3n) is 1.95. The van der Waals surface area contributed by atoms with Gasteiger partial charge in [-0.05, 0) is 19.1 Å². The quantitative estimate of drug-likeness (QED) is 0.752. The highest BCUT2D eigenvalue weighted by molar-refractivity contribution is 5.76. The molecule has 0 aliphatic heterocycles. The molecule has 0 aliphatic rings. The molecular weight excluding hydrogens is 164 g/mol. The van der Waals surface area contributed by atoms with Gasteiger partial charge in [-0.3, -0.25) is 9.78 Å². The average molecular weight is 178 g/mol. The van der Waals surface area contributed by atoms with Crippen molar-refractivity contribution in [2.75, 3.05) is 0 Å². The van der Waals surface area contributed by atoms with Gasteiger partial charge in [0.25, 0.3) is 0 Å². The maximum absolute atomic E-state index is 10.8. The summed E-state index contributed by atoms with van der Waals surface area (Å²) in [6, 6.07) is 5.77. The zero-order chi connectivity index (χ0) is 9.84. The van der Waals surface area contributed by atoms with Crippen LogP contribution in [-0.4, -0.2) is 10.9 Å². The molecule has 0 aliphatic carbocycles. The third kappa shape index (κ3) is 2.86. The number of nitrogens with zero attached hydrogens (tertiary/aromatic N) is 1. The highest BCUT2D eigenvalue weighted by Crippen LogP contribution is 2.06. The Hall–Kier alpha value is -1.38. The second kappa shape index (κ2) is 4.03. The lowest BCUT2D eigenvalue weighted by molar-refractivity contribution is -0.121. The van der Waals surface area contributed by atoms with Gasteiger partial charge in [0.15, 0.2) is 0 Å². The summed E-state index contributed by atoms with van der Waals surface area (Å²) in [6.07, 6.45) is 0.622. The minimum atomic E-state index is -0.275. The van der Waals surface area contributed by atoms with Crippen LogP contribution in [0.2, 0.25) is 0 Å². The summed E-state index contributed by atoms with van der Waals surface area (Å²) in [4.78, 5) is 15.1. The van der Waals surface area contributed by atoms with Gasteiger partial charge in [-0.1, -0.05) is 13.0 Å². The predicted octanol–water partition coefficient (Wildman–Crippen LogP) is 1.05. The van der Waals surface area contributed by atoms with E-state index in [1.165, 1.54) is 0 Å². The summed E-state index contributed by atoms with van der Waals surface area (Å²) >= 11 is 0. The number of carbonyl (C=O) groups is 1. The fourth-order valence-corrected chi connectivity index (χ4v) is 1.13. The van der Waals surface area contributed by atoms with E-state index in [2.05, 4.69) is 4.98 Å². The van der Waals surface area contributed by atoms with E-state index >= 15 is 0 Å². The lowest BCUT2D eigenvalue weighted by atomic mass is 10.0. The Morgan fingerprint density at radius 3 is 2.85 bits per heavy atom. The predicted molar refractivity (Wildman–Crippen MR) is 51.0 cm³/mol. The van der Waals surface area contributed by atoms with Crippen molar-refractivity contribution in [2.45, 2.75) is 20.3 Å². The number of aryl methyl sites for hydroxylation is 1. The second-order valence-electron chi connectivity index (χ2n) is 3.28. The van der Waals surface area contributed by atoms with Crippen molar-refractivity contribution >= 4 is 5.91 Å². The lowest BCUT2D eigenvalue weighted by Crippen LogP contribution is -2.22. The minimum Gasteiger partial charge on any atom is -0.369 e. The van der Waals surface area contributed by atoms with Gasteiger partial charge in [0, 0.05) is 23.7 Å². The molecule has 0 saturated carbocycles. The number of aromatic nitrogens is 1. The van der Waals surface area contributed by atoms with Gasteiger partial charge < -0.3 is 5.73 Å². The summed E-state index contributed by atoms with van der Waals surface area (Å²) in [5.41, 5.74) is 7.04. The van der Waals surface area contributed by atoms with Crippen molar-refractivity contribution in [1.82, 2.24) is 4.98 Å². The maximum atomic E-state index is 10.8. The number of amides is 1. The van der Waals surface area contributed by atoms with Crippen molar-refractivity contribution in [3.05, 3.63) is 29.6 Å². The lowest BCUT2D eigenvalue weighted by Gasteiger charge is -2.06. The zero-order valence-electron chi connectivity index (χ0n) is 7.95. The number of rotatable bonds is 3. The summed E-state index contributed by atoms with van der Waals surface area (Å²) in [5.74, 6) is -0.419. The van der Waals surface area contributed by atoms with E-state index in [1.807, 2.05) is 32.0 Å². The van der Waals surface area contributed by atoms with E-state index in [0.29, 0.717) is 6.42 Å². The molecule has 3 heteroatoms. The first kappa shape index (κ1) is 9.71. The Balaban J connectivity index is 2.69. The van der Waals surface area contributed by atoms with Crippen LogP contribution in [0.3, 0.4) is 0 Å². The number of primary amides is 1. The largest absolute Gasteiger partial charge is 0.369 e. The van der Waals surface area contributed by atoms with Crippen molar-refractivity contribution < 1.29 is 4.79 Å². The SMILES string of the molecule is Cc1cccc(CC(C)C(N)=O)n1. The Labute approximate surface area is 78.0 Å². The van der Waals surface area contributed by atoms with Crippen LogP contribution in [0.15, 0.2) is 18.2 Å². The van der Waals surface area contributed by atoms with Crippen LogP contribution < -0.4 is 5.73 Å². The topological polar surface area (TPSA) is 56.0 Å². The molecule has 3 nitrogen and oxygen atoms in total. The monoisotopic (exact) mass is 178 g/mol. The van der Waals surface area contributed by atoms with Crippen LogP contribution in [0.5, 0.6) is 0 Å². The Kier molecular flexibility index (Phi) is 3.01. The molecule has 0 saturated heterocycles. The van der Waals surface area contributed by atoms with E-state index in [1.54, 1.807) is 0 Å². The van der Waals surface area contributed by atoms with Crippen LogP contribution in [0.25, 0.3) is 0 Å². The number of nitrogens with two attached hydrogens (primary N) is 1. The molecule has 0 fully saturated rings. The summed E-state index contributed by atoms with van der Waals surface area (Å²) in [7, 11) is 0. The Morgan fingerprint density at radius 2 is 2.31 bits per heavy atom.